The molecule has 1 saturated carbocycles. The van der Waals surface area contributed by atoms with E-state index in [0.29, 0.717) is 0 Å². The molecule has 1 saturated heterocycles. The van der Waals surface area contributed by atoms with Gasteiger partial charge >= 0.3 is 0 Å². The number of carbonyl (C=O) groups excluding carboxylic acids is 3. The average molecular weight is 415 g/mol. The van der Waals surface area contributed by atoms with E-state index in [0.717, 1.165) is 47.9 Å². The van der Waals surface area contributed by atoms with Crippen LogP contribution in [0.5, 0.6) is 0 Å². The van der Waals surface area contributed by atoms with E-state index in [1.807, 2.05) is 24.3 Å². The van der Waals surface area contributed by atoms with E-state index in [-0.39, 0.29) is 42.1 Å². The molecule has 2 atom stereocenters. The van der Waals surface area contributed by atoms with Crippen molar-refractivity contribution in [2.75, 3.05) is 6.54 Å². The molecule has 5 aliphatic rings. The zero-order valence-electron chi connectivity index (χ0n) is 17.4. The van der Waals surface area contributed by atoms with Crippen LogP contribution in [0.4, 0.5) is 0 Å². The molecule has 3 amide bonds. The molecule has 2 aromatic rings. The molecule has 2 bridgehead atoms. The molecule has 1 heterocycles. The third kappa shape index (κ3) is 2.72. The van der Waals surface area contributed by atoms with Crippen LogP contribution in [0.1, 0.15) is 66.2 Å². The number of hydrogen-bond acceptors (Lipinski definition) is 3. The van der Waals surface area contributed by atoms with Crippen LogP contribution in [-0.4, -0.2) is 35.2 Å². The Morgan fingerprint density at radius 2 is 1.23 bits per heavy atom. The van der Waals surface area contributed by atoms with Gasteiger partial charge in [-0.15, -0.1) is 0 Å². The molecule has 2 aromatic carbocycles. The zero-order chi connectivity index (χ0) is 21.1. The maximum Gasteiger partial charge on any atom is 0.240 e. The number of nitrogens with zero attached hydrogens (tertiary/aromatic N) is 1. The quantitative estimate of drug-likeness (QED) is 0.784. The van der Waals surface area contributed by atoms with Crippen LogP contribution in [0, 0.1) is 11.8 Å². The van der Waals surface area contributed by atoms with Crippen LogP contribution in [-0.2, 0) is 14.4 Å². The molecule has 0 radical (unpaired) electrons. The fourth-order valence-electron chi connectivity index (χ4n) is 6.56. The summed E-state index contributed by atoms with van der Waals surface area (Å²) in [6, 6.07) is 16.6. The minimum Gasteiger partial charge on any atom is -0.352 e. The summed E-state index contributed by atoms with van der Waals surface area (Å²) in [6.45, 7) is -0.159. The molecule has 1 aliphatic heterocycles. The minimum absolute atomic E-state index is 0.120. The van der Waals surface area contributed by atoms with Gasteiger partial charge in [0, 0.05) is 17.9 Å². The van der Waals surface area contributed by atoms with Crippen molar-refractivity contribution in [3.63, 3.8) is 0 Å². The maximum atomic E-state index is 13.5. The molecule has 5 nitrogen and oxygen atoms in total. The van der Waals surface area contributed by atoms with Crippen molar-refractivity contribution < 1.29 is 14.4 Å². The van der Waals surface area contributed by atoms with Gasteiger partial charge in [0.15, 0.2) is 0 Å². The molecule has 31 heavy (non-hydrogen) atoms. The molecule has 2 fully saturated rings. The fourth-order valence-corrected chi connectivity index (χ4v) is 6.56. The van der Waals surface area contributed by atoms with Crippen LogP contribution >= 0.6 is 0 Å². The lowest BCUT2D eigenvalue weighted by molar-refractivity contribution is -0.143. The van der Waals surface area contributed by atoms with E-state index in [9.17, 15) is 14.4 Å². The van der Waals surface area contributed by atoms with E-state index in [1.54, 1.807) is 0 Å². The lowest BCUT2D eigenvalue weighted by Gasteiger charge is -2.45. The molecule has 0 aromatic heterocycles. The van der Waals surface area contributed by atoms with Gasteiger partial charge in [0.1, 0.15) is 6.54 Å². The lowest BCUT2D eigenvalue weighted by atomic mass is 9.55. The Morgan fingerprint density at radius 3 is 1.68 bits per heavy atom. The summed E-state index contributed by atoms with van der Waals surface area (Å²) in [5.74, 6) is -1.65. The largest absolute Gasteiger partial charge is 0.352 e. The van der Waals surface area contributed by atoms with Crippen molar-refractivity contribution in [3.05, 3.63) is 70.8 Å². The second kappa shape index (κ2) is 7.04. The molecule has 0 unspecified atom stereocenters. The number of amides is 3. The Balaban J connectivity index is 1.33. The highest BCUT2D eigenvalue weighted by molar-refractivity contribution is 6.09. The van der Waals surface area contributed by atoms with E-state index in [1.165, 1.54) is 11.3 Å². The number of likely N-dealkylation sites (tertiary alicyclic amines) is 1. The van der Waals surface area contributed by atoms with Crippen molar-refractivity contribution in [3.8, 4) is 0 Å². The van der Waals surface area contributed by atoms with Crippen molar-refractivity contribution in [1.82, 2.24) is 10.2 Å². The van der Waals surface area contributed by atoms with Crippen LogP contribution in [0.25, 0.3) is 0 Å². The zero-order valence-corrected chi connectivity index (χ0v) is 17.4. The maximum absolute atomic E-state index is 13.5. The van der Waals surface area contributed by atoms with E-state index < -0.39 is 11.8 Å². The summed E-state index contributed by atoms with van der Waals surface area (Å²) in [7, 11) is 0. The van der Waals surface area contributed by atoms with Crippen molar-refractivity contribution >= 4 is 17.7 Å². The van der Waals surface area contributed by atoms with Gasteiger partial charge in [-0.2, -0.15) is 0 Å². The van der Waals surface area contributed by atoms with Gasteiger partial charge in [-0.1, -0.05) is 67.8 Å². The minimum atomic E-state index is -0.412. The number of rotatable bonds is 3. The molecule has 7 rings (SSSR count). The van der Waals surface area contributed by atoms with Crippen LogP contribution in [0.15, 0.2) is 48.5 Å². The van der Waals surface area contributed by atoms with E-state index in [4.69, 9.17) is 0 Å². The normalized spacial score (nSPS) is 28.8. The molecular formula is C26H26N2O3. The standard InChI is InChI=1S/C26H26N2O3/c29-20(27-15-8-2-1-3-9-15)14-28-25(30)23-21-16-10-4-5-11-17(16)22(24(23)26(28)31)19-13-7-6-12-18(19)21/h4-7,10-13,15,21-24H,1-3,8-9,14H2,(H,27,29)/t21?,22?,23-,24-/m0/s1. The van der Waals surface area contributed by atoms with Crippen molar-refractivity contribution in [1.29, 1.82) is 0 Å². The van der Waals surface area contributed by atoms with Gasteiger partial charge in [0.05, 0.1) is 11.8 Å². The highest BCUT2D eigenvalue weighted by atomic mass is 16.2. The Morgan fingerprint density at radius 1 is 0.774 bits per heavy atom. The number of nitrogens with one attached hydrogen (secondary N) is 1. The highest BCUT2D eigenvalue weighted by Gasteiger charge is 2.61. The van der Waals surface area contributed by atoms with E-state index >= 15 is 0 Å². The first-order chi connectivity index (χ1) is 15.1. The molecule has 4 aliphatic carbocycles. The monoisotopic (exact) mass is 414 g/mol. The first kappa shape index (κ1) is 18.8. The van der Waals surface area contributed by atoms with Crippen molar-refractivity contribution in [2.45, 2.75) is 50.0 Å². The molecule has 5 heteroatoms. The SMILES string of the molecule is O=C(CN1C(=O)[C@H]2C3c4ccccc4C(c4ccccc43)[C@@H]2C1=O)NC1CCCCC1. The number of benzene rings is 2. The first-order valence-corrected chi connectivity index (χ1v) is 11.5. The van der Waals surface area contributed by atoms with Crippen LogP contribution in [0.3, 0.4) is 0 Å². The van der Waals surface area contributed by atoms with E-state index in [2.05, 4.69) is 29.6 Å². The summed E-state index contributed by atoms with van der Waals surface area (Å²) in [6.07, 6.45) is 5.41. The van der Waals surface area contributed by atoms with Gasteiger partial charge in [-0.25, -0.2) is 0 Å². The molecule has 158 valence electrons. The second-order valence-corrected chi connectivity index (χ2v) is 9.43. The van der Waals surface area contributed by atoms with Gasteiger partial charge in [-0.05, 0) is 35.1 Å². The Hall–Kier alpha value is -2.95. The first-order valence-electron chi connectivity index (χ1n) is 11.5. The highest BCUT2D eigenvalue weighted by Crippen LogP contribution is 2.60. The summed E-state index contributed by atoms with van der Waals surface area (Å²) >= 11 is 0. The summed E-state index contributed by atoms with van der Waals surface area (Å²) in [4.78, 5) is 41.0. The van der Waals surface area contributed by atoms with Crippen molar-refractivity contribution in [2.24, 2.45) is 11.8 Å². The third-order valence-electron chi connectivity index (χ3n) is 7.81. The molecular weight excluding hydrogens is 388 g/mol. The molecule has 0 spiro atoms. The topological polar surface area (TPSA) is 66.5 Å². The summed E-state index contributed by atoms with van der Waals surface area (Å²) < 4.78 is 0. The third-order valence-corrected chi connectivity index (χ3v) is 7.81. The summed E-state index contributed by atoms with van der Waals surface area (Å²) in [5, 5.41) is 3.06. The number of carbonyl (C=O) groups is 3. The van der Waals surface area contributed by atoms with Gasteiger partial charge in [0.25, 0.3) is 0 Å². The Kier molecular flexibility index (Phi) is 4.27. The summed E-state index contributed by atoms with van der Waals surface area (Å²) in [5.41, 5.74) is 4.62. The van der Waals surface area contributed by atoms with Crippen LogP contribution in [0.2, 0.25) is 0 Å². The van der Waals surface area contributed by atoms with Gasteiger partial charge in [0.2, 0.25) is 17.7 Å². The Labute approximate surface area is 181 Å². The van der Waals surface area contributed by atoms with Crippen LogP contribution < -0.4 is 5.32 Å². The smallest absolute Gasteiger partial charge is 0.240 e. The van der Waals surface area contributed by atoms with Gasteiger partial charge in [-0.3, -0.25) is 19.3 Å². The fraction of sp³-hybridized carbons (Fsp3) is 0.423. The number of imide groups is 1. The predicted molar refractivity (Wildman–Crippen MR) is 115 cm³/mol. The second-order valence-electron chi connectivity index (χ2n) is 9.43. The van der Waals surface area contributed by atoms with Gasteiger partial charge < -0.3 is 5.32 Å². The predicted octanol–water partition coefficient (Wildman–Crippen LogP) is 3.33. The molecule has 1 N–H and O–H groups in total. The Bertz CT molecular complexity index is 972. The average Bonchev–Trinajstić information content (AvgIpc) is 3.05. The lowest BCUT2D eigenvalue weighted by Crippen LogP contribution is -2.45. The number of hydrogen-bond donors (Lipinski definition) is 1.